The van der Waals surface area contributed by atoms with Crippen molar-refractivity contribution < 1.29 is 19.5 Å². The number of carbonyl (C=O) groups is 3. The summed E-state index contributed by atoms with van der Waals surface area (Å²) in [7, 11) is 0. The molecule has 0 spiro atoms. The number of nitrogens with one attached hydrogen (secondary N) is 2. The molecular weight excluding hydrogens is 246 g/mol. The van der Waals surface area contributed by atoms with Crippen LogP contribution in [0.15, 0.2) is 0 Å². The molecule has 0 radical (unpaired) electrons. The van der Waals surface area contributed by atoms with Gasteiger partial charge in [-0.3, -0.25) is 9.59 Å². The molecule has 1 heterocycles. The van der Waals surface area contributed by atoms with Gasteiger partial charge >= 0.3 is 5.97 Å². The Labute approximate surface area is 102 Å². The average Bonchev–Trinajstić information content (AvgIpc) is 2.28. The summed E-state index contributed by atoms with van der Waals surface area (Å²) >= 11 is 1.62. The number of aliphatic carboxylic acids is 1. The van der Waals surface area contributed by atoms with E-state index < -0.39 is 36.3 Å². The van der Waals surface area contributed by atoms with Crippen LogP contribution in [0.25, 0.3) is 0 Å². The first-order valence-electron chi connectivity index (χ1n) is 5.13. The van der Waals surface area contributed by atoms with E-state index in [4.69, 9.17) is 10.8 Å². The highest BCUT2D eigenvalue weighted by Gasteiger charge is 2.27. The van der Waals surface area contributed by atoms with E-state index in [-0.39, 0.29) is 0 Å². The quantitative estimate of drug-likeness (QED) is 0.460. The second kappa shape index (κ2) is 6.45. The van der Waals surface area contributed by atoms with Crippen LogP contribution in [0.2, 0.25) is 0 Å². The van der Waals surface area contributed by atoms with Crippen molar-refractivity contribution in [1.82, 2.24) is 10.6 Å². The van der Waals surface area contributed by atoms with Crippen molar-refractivity contribution in [3.8, 4) is 0 Å². The Hall–Kier alpha value is -1.28. The third-order valence-electron chi connectivity index (χ3n) is 2.26. The van der Waals surface area contributed by atoms with Gasteiger partial charge in [-0.25, -0.2) is 4.79 Å². The van der Waals surface area contributed by atoms with E-state index in [0.29, 0.717) is 12.3 Å². The highest BCUT2D eigenvalue weighted by Crippen LogP contribution is 2.08. The van der Waals surface area contributed by atoms with E-state index in [2.05, 4.69) is 10.6 Å². The predicted molar refractivity (Wildman–Crippen MR) is 62.5 cm³/mol. The molecule has 2 amide bonds. The van der Waals surface area contributed by atoms with Crippen LogP contribution in [0, 0.1) is 0 Å². The van der Waals surface area contributed by atoms with Crippen LogP contribution >= 0.6 is 11.8 Å². The van der Waals surface area contributed by atoms with Crippen molar-refractivity contribution in [2.75, 3.05) is 18.1 Å². The summed E-state index contributed by atoms with van der Waals surface area (Å²) in [6, 6.07) is -1.67. The summed E-state index contributed by atoms with van der Waals surface area (Å²) in [5.74, 6) is -0.919. The highest BCUT2D eigenvalue weighted by atomic mass is 32.2. The molecule has 0 aromatic carbocycles. The summed E-state index contributed by atoms with van der Waals surface area (Å²) in [5.41, 5.74) is 4.91. The molecule has 5 N–H and O–H groups in total. The minimum Gasteiger partial charge on any atom is -0.480 e. The summed E-state index contributed by atoms with van der Waals surface area (Å²) in [6.07, 6.45) is -0.402. The number of primary amides is 1. The third-order valence-corrected chi connectivity index (χ3v) is 3.32. The smallest absolute Gasteiger partial charge is 0.326 e. The number of nitrogens with two attached hydrogens (primary N) is 1. The van der Waals surface area contributed by atoms with Gasteiger partial charge in [-0.2, -0.15) is 11.8 Å². The first-order chi connectivity index (χ1) is 8.00. The molecular formula is C9H15N3O4S. The lowest BCUT2D eigenvalue weighted by Gasteiger charge is -2.23. The molecule has 0 bridgehead atoms. The highest BCUT2D eigenvalue weighted by molar-refractivity contribution is 7.99. The van der Waals surface area contributed by atoms with Crippen molar-refractivity contribution >= 4 is 29.5 Å². The molecule has 0 aromatic rings. The number of carboxylic acids is 1. The average molecular weight is 261 g/mol. The van der Waals surface area contributed by atoms with Crippen molar-refractivity contribution in [2.24, 2.45) is 5.73 Å². The lowest BCUT2D eigenvalue weighted by molar-refractivity contribution is -0.143. The lowest BCUT2D eigenvalue weighted by atomic mass is 10.2. The minimum atomic E-state index is -1.26. The zero-order valence-corrected chi connectivity index (χ0v) is 9.96. The fourth-order valence-corrected chi connectivity index (χ4v) is 2.34. The first kappa shape index (κ1) is 13.8. The van der Waals surface area contributed by atoms with Crippen molar-refractivity contribution in [2.45, 2.75) is 18.5 Å². The molecule has 96 valence electrons. The van der Waals surface area contributed by atoms with E-state index in [0.717, 1.165) is 5.75 Å². The normalized spacial score (nSPS) is 21.5. The van der Waals surface area contributed by atoms with E-state index in [1.165, 1.54) is 0 Å². The number of rotatable bonds is 5. The zero-order chi connectivity index (χ0) is 12.8. The van der Waals surface area contributed by atoms with E-state index in [9.17, 15) is 14.4 Å². The summed E-state index contributed by atoms with van der Waals surface area (Å²) in [6.45, 7) is 0.705. The molecule has 2 unspecified atom stereocenters. The van der Waals surface area contributed by atoms with E-state index in [1.54, 1.807) is 11.8 Å². The molecule has 0 aromatic heterocycles. The standard InChI is InChI=1S/C9H15N3O4S/c10-7(13)3-5(9(15)16)12-8(14)6-4-17-2-1-11-6/h5-6,11H,1-4H2,(H2,10,13)(H,12,14)(H,15,16). The minimum absolute atomic E-state index is 0.402. The molecule has 0 aliphatic carbocycles. The van der Waals surface area contributed by atoms with Crippen LogP contribution in [0.3, 0.4) is 0 Å². The van der Waals surface area contributed by atoms with Crippen LogP contribution in [-0.4, -0.2) is 53.0 Å². The second-order valence-corrected chi connectivity index (χ2v) is 4.80. The van der Waals surface area contributed by atoms with E-state index in [1.807, 2.05) is 0 Å². The number of carboxylic acid groups (broad SMARTS) is 1. The fourth-order valence-electron chi connectivity index (χ4n) is 1.41. The first-order valence-corrected chi connectivity index (χ1v) is 6.29. The fraction of sp³-hybridized carbons (Fsp3) is 0.667. The lowest BCUT2D eigenvalue weighted by Crippen LogP contribution is -2.53. The van der Waals surface area contributed by atoms with Crippen molar-refractivity contribution in [3.05, 3.63) is 0 Å². The number of thioether (sulfide) groups is 1. The summed E-state index contributed by atoms with van der Waals surface area (Å²) in [5, 5.41) is 14.1. The monoisotopic (exact) mass is 261 g/mol. The number of hydrogen-bond acceptors (Lipinski definition) is 5. The van der Waals surface area contributed by atoms with Gasteiger partial charge in [0.25, 0.3) is 0 Å². The van der Waals surface area contributed by atoms with Gasteiger partial charge in [0.05, 0.1) is 12.5 Å². The topological polar surface area (TPSA) is 122 Å². The maximum Gasteiger partial charge on any atom is 0.326 e. The molecule has 1 saturated heterocycles. The largest absolute Gasteiger partial charge is 0.480 e. The number of amides is 2. The number of carbonyl (C=O) groups excluding carboxylic acids is 2. The van der Waals surface area contributed by atoms with Gasteiger partial charge in [-0.15, -0.1) is 0 Å². The van der Waals surface area contributed by atoms with Gasteiger partial charge in [-0.1, -0.05) is 0 Å². The zero-order valence-electron chi connectivity index (χ0n) is 9.14. The van der Waals surface area contributed by atoms with Crippen LogP contribution < -0.4 is 16.4 Å². The van der Waals surface area contributed by atoms with Gasteiger partial charge in [-0.05, 0) is 0 Å². The summed E-state index contributed by atoms with van der Waals surface area (Å²) in [4.78, 5) is 33.2. The van der Waals surface area contributed by atoms with E-state index >= 15 is 0 Å². The van der Waals surface area contributed by atoms with Gasteiger partial charge in [0.2, 0.25) is 11.8 Å². The van der Waals surface area contributed by atoms with Crippen LogP contribution in [0.4, 0.5) is 0 Å². The van der Waals surface area contributed by atoms with Crippen molar-refractivity contribution in [1.29, 1.82) is 0 Å². The molecule has 17 heavy (non-hydrogen) atoms. The second-order valence-electron chi connectivity index (χ2n) is 3.65. The van der Waals surface area contributed by atoms with Crippen molar-refractivity contribution in [3.63, 3.8) is 0 Å². The molecule has 1 fully saturated rings. The van der Waals surface area contributed by atoms with Crippen LogP contribution in [0.1, 0.15) is 6.42 Å². The molecule has 1 rings (SSSR count). The molecule has 1 aliphatic heterocycles. The van der Waals surface area contributed by atoms with Gasteiger partial charge in [0.1, 0.15) is 6.04 Å². The summed E-state index contributed by atoms with van der Waals surface area (Å²) < 4.78 is 0. The van der Waals surface area contributed by atoms with Gasteiger partial charge in [0.15, 0.2) is 0 Å². The van der Waals surface area contributed by atoms with Gasteiger partial charge in [0, 0.05) is 18.1 Å². The Bertz CT molecular complexity index is 317. The Morgan fingerprint density at radius 2 is 2.24 bits per heavy atom. The Kier molecular flexibility index (Phi) is 5.23. The molecule has 0 saturated carbocycles. The SMILES string of the molecule is NC(=O)CC(NC(=O)C1CSCCN1)C(=O)O. The van der Waals surface area contributed by atoms with Crippen LogP contribution in [-0.2, 0) is 14.4 Å². The molecule has 1 aliphatic rings. The maximum atomic E-state index is 11.7. The third kappa shape index (κ3) is 4.61. The predicted octanol–water partition coefficient (Wildman–Crippen LogP) is -1.86. The maximum absolute atomic E-state index is 11.7. The Morgan fingerprint density at radius 1 is 1.53 bits per heavy atom. The van der Waals surface area contributed by atoms with Gasteiger partial charge < -0.3 is 21.5 Å². The van der Waals surface area contributed by atoms with Crippen LogP contribution in [0.5, 0.6) is 0 Å². The molecule has 2 atom stereocenters. The molecule has 7 nitrogen and oxygen atoms in total. The Morgan fingerprint density at radius 3 is 2.71 bits per heavy atom. The molecule has 8 heteroatoms. The number of hydrogen-bond donors (Lipinski definition) is 4. The Balaban J connectivity index is 2.50.